The van der Waals surface area contributed by atoms with Gasteiger partial charge < -0.3 is 24.8 Å². The van der Waals surface area contributed by atoms with Crippen molar-refractivity contribution in [2.24, 2.45) is 18.0 Å². The first-order valence-electron chi connectivity index (χ1n) is 16.2. The molecule has 0 saturated carbocycles. The van der Waals surface area contributed by atoms with Gasteiger partial charge >= 0.3 is 0 Å². The van der Waals surface area contributed by atoms with Crippen LogP contribution in [0.2, 0.25) is 0 Å². The number of imidazole rings is 2. The SMILES string of the molecule is CC1=CC2CC=NC2C=C1.Cc1ccc2nccn2c1.Cc1ccn2ccnc2c1.Cc1cnc(N)s1.Cc1nnc(N)s1.Cc1nncn1C. The number of fused-ring (bicyclic) bond motifs is 3. The molecule has 1 aliphatic carbocycles. The normalized spacial score (nSPS) is 15.0. The molecule has 0 bridgehead atoms. The van der Waals surface area contributed by atoms with E-state index in [9.17, 15) is 0 Å². The molecule has 4 N–H and O–H groups in total. The second kappa shape index (κ2) is 19.0. The molecule has 1 aliphatic heterocycles. The summed E-state index contributed by atoms with van der Waals surface area (Å²) < 4.78 is 5.86. The van der Waals surface area contributed by atoms with Crippen molar-refractivity contribution in [1.82, 2.24) is 48.7 Å². The van der Waals surface area contributed by atoms with Crippen LogP contribution < -0.4 is 11.5 Å². The zero-order chi connectivity index (χ0) is 36.8. The van der Waals surface area contributed by atoms with Crippen LogP contribution in [-0.2, 0) is 7.05 Å². The molecule has 2 atom stereocenters. The van der Waals surface area contributed by atoms with E-state index >= 15 is 0 Å². The van der Waals surface area contributed by atoms with Crippen LogP contribution in [0.5, 0.6) is 0 Å². The summed E-state index contributed by atoms with van der Waals surface area (Å²) >= 11 is 2.91. The second-order valence-corrected chi connectivity index (χ2v) is 14.2. The lowest BCUT2D eigenvalue weighted by molar-refractivity contribution is 0.632. The summed E-state index contributed by atoms with van der Waals surface area (Å²) in [6.45, 7) is 12.0. The van der Waals surface area contributed by atoms with E-state index in [-0.39, 0.29) is 0 Å². The fourth-order valence-corrected chi connectivity index (χ4v) is 5.63. The Bertz CT molecular complexity index is 2020. The van der Waals surface area contributed by atoms with Crippen molar-refractivity contribution in [3.05, 3.63) is 125 Å². The first kappa shape index (κ1) is 38.3. The van der Waals surface area contributed by atoms with Gasteiger partial charge in [0.05, 0.1) is 6.04 Å². The van der Waals surface area contributed by atoms with E-state index in [0.29, 0.717) is 22.2 Å². The smallest absolute Gasteiger partial charge is 0.203 e. The van der Waals surface area contributed by atoms with Gasteiger partial charge in [0.15, 0.2) is 5.13 Å². The fourth-order valence-electron chi connectivity index (χ4n) is 4.63. The number of hydrogen-bond acceptors (Lipinski definition) is 12. The van der Waals surface area contributed by atoms with Crippen LogP contribution >= 0.6 is 22.7 Å². The standard InChI is InChI=1S/C9H11N.2C8H8N2.C4H7N3.C4H6N2S.C3H5N3S/c1-7-2-3-9-8(6-7)4-5-10-9;1-7-2-4-10-5-3-9-8(10)6-7;1-7-2-3-8-9-4-5-10(8)6-7;1-4-6-5-3-7(4)2;1-3-2-6-4(5)7-3;1-2-5-6-3(4)7-2/h2-3,5-6,8-9H,4H2,1H3;2*2-6H,1H3;3H,1-2H3;2H,1H3,(H2,5,6);1H3,(H2,4,6). The first-order valence-corrected chi connectivity index (χ1v) is 17.8. The highest BCUT2D eigenvalue weighted by Crippen LogP contribution is 2.25. The molecule has 2 unspecified atom stereocenters. The zero-order valence-corrected chi connectivity index (χ0v) is 31.6. The number of aryl methyl sites for hydroxylation is 6. The van der Waals surface area contributed by atoms with Gasteiger partial charge in [-0.2, -0.15) is 0 Å². The summed E-state index contributed by atoms with van der Waals surface area (Å²) in [5, 5.41) is 16.7. The van der Waals surface area contributed by atoms with Gasteiger partial charge in [-0.05, 0) is 77.3 Å². The molecule has 9 rings (SSSR count). The summed E-state index contributed by atoms with van der Waals surface area (Å²) in [7, 11) is 1.91. The van der Waals surface area contributed by atoms with Crippen LogP contribution in [0.25, 0.3) is 11.3 Å². The minimum atomic E-state index is 0.462. The van der Waals surface area contributed by atoms with Crippen molar-refractivity contribution in [2.45, 2.75) is 54.0 Å². The number of allylic oxidation sites excluding steroid dienone is 2. The predicted octanol–water partition coefficient (Wildman–Crippen LogP) is 6.83. The van der Waals surface area contributed by atoms with Gasteiger partial charge in [-0.15, -0.1) is 31.7 Å². The van der Waals surface area contributed by atoms with Crippen LogP contribution in [0.1, 0.15) is 40.2 Å². The van der Waals surface area contributed by atoms with Crippen LogP contribution in [0.4, 0.5) is 10.3 Å². The van der Waals surface area contributed by atoms with E-state index in [1.54, 1.807) is 24.9 Å². The third-order valence-corrected chi connectivity index (χ3v) is 8.75. The number of thiazole rings is 1. The van der Waals surface area contributed by atoms with E-state index in [1.807, 2.05) is 72.1 Å². The highest BCUT2D eigenvalue weighted by molar-refractivity contribution is 7.15. The lowest BCUT2D eigenvalue weighted by Gasteiger charge is -2.14. The van der Waals surface area contributed by atoms with Gasteiger partial charge in [0.25, 0.3) is 0 Å². The molecule has 7 aromatic rings. The fraction of sp³-hybridized carbons (Fsp3) is 0.278. The van der Waals surface area contributed by atoms with Crippen LogP contribution in [-0.4, -0.2) is 61.0 Å². The second-order valence-electron chi connectivity index (χ2n) is 11.7. The Morgan fingerprint density at radius 3 is 2.12 bits per heavy atom. The molecule has 2 aliphatic rings. The molecule has 15 heteroatoms. The van der Waals surface area contributed by atoms with Gasteiger partial charge in [0.1, 0.15) is 28.5 Å². The molecule has 266 valence electrons. The van der Waals surface area contributed by atoms with Crippen molar-refractivity contribution >= 4 is 50.4 Å². The molecule has 0 fully saturated rings. The summed E-state index contributed by atoms with van der Waals surface area (Å²) in [5.74, 6) is 1.62. The number of aliphatic imine (C=N–C) groups is 1. The maximum atomic E-state index is 5.29. The Kier molecular flexibility index (Phi) is 14.3. The van der Waals surface area contributed by atoms with Gasteiger partial charge in [-0.25, -0.2) is 15.0 Å². The number of nitrogens with zero attached hydrogens (tertiary/aromatic N) is 11. The molecule has 0 radical (unpaired) electrons. The number of anilines is 2. The van der Waals surface area contributed by atoms with Crippen molar-refractivity contribution in [2.75, 3.05) is 11.5 Å². The van der Waals surface area contributed by atoms with Crippen molar-refractivity contribution in [3.8, 4) is 0 Å². The zero-order valence-electron chi connectivity index (χ0n) is 30.0. The van der Waals surface area contributed by atoms with E-state index < -0.39 is 0 Å². The number of nitrogens with two attached hydrogens (primary N) is 2. The molecule has 8 heterocycles. The summed E-state index contributed by atoms with van der Waals surface area (Å²) in [6, 6.07) is 8.65. The first-order chi connectivity index (χ1) is 24.5. The number of aromatic nitrogens is 10. The molecule has 7 aromatic heterocycles. The number of pyridine rings is 2. The molecule has 0 saturated heterocycles. The lowest BCUT2D eigenvalue weighted by Crippen LogP contribution is -2.11. The highest BCUT2D eigenvalue weighted by Gasteiger charge is 2.21. The molecule has 0 aromatic carbocycles. The number of rotatable bonds is 0. The molecule has 0 amide bonds. The van der Waals surface area contributed by atoms with E-state index in [0.717, 1.165) is 33.4 Å². The quantitative estimate of drug-likeness (QED) is 0.170. The van der Waals surface area contributed by atoms with Crippen molar-refractivity contribution in [1.29, 1.82) is 0 Å². The Morgan fingerprint density at radius 2 is 1.55 bits per heavy atom. The third-order valence-electron chi connectivity index (χ3n) is 7.34. The largest absolute Gasteiger partial charge is 0.375 e. The highest BCUT2D eigenvalue weighted by atomic mass is 32.1. The number of hydrogen-bond donors (Lipinski definition) is 2. The summed E-state index contributed by atoms with van der Waals surface area (Å²) in [5.41, 5.74) is 16.4. The van der Waals surface area contributed by atoms with Crippen molar-refractivity contribution in [3.63, 3.8) is 0 Å². The molecular weight excluding hydrogens is 679 g/mol. The van der Waals surface area contributed by atoms with E-state index in [4.69, 9.17) is 11.5 Å². The Hall–Kier alpha value is -5.54. The molecular formula is C36H45N13S2. The Balaban J connectivity index is 0.000000138. The molecule has 0 spiro atoms. The van der Waals surface area contributed by atoms with E-state index in [2.05, 4.69) is 104 Å². The Labute approximate surface area is 306 Å². The predicted molar refractivity (Wildman–Crippen MR) is 209 cm³/mol. The topological polar surface area (TPSA) is 168 Å². The van der Waals surface area contributed by atoms with Gasteiger partial charge in [0.2, 0.25) is 5.13 Å². The Morgan fingerprint density at radius 1 is 0.784 bits per heavy atom. The van der Waals surface area contributed by atoms with E-state index in [1.165, 1.54) is 39.4 Å². The average Bonchev–Trinajstić information content (AvgIpc) is 3.96. The lowest BCUT2D eigenvalue weighted by atomic mass is 9.92. The molecule has 51 heavy (non-hydrogen) atoms. The minimum absolute atomic E-state index is 0.462. The average molecular weight is 724 g/mol. The minimum Gasteiger partial charge on any atom is -0.375 e. The maximum absolute atomic E-state index is 5.29. The monoisotopic (exact) mass is 723 g/mol. The van der Waals surface area contributed by atoms with Crippen LogP contribution in [0, 0.1) is 40.5 Å². The summed E-state index contributed by atoms with van der Waals surface area (Å²) in [4.78, 5) is 17.6. The van der Waals surface area contributed by atoms with Crippen LogP contribution in [0.15, 0.2) is 103 Å². The molecule has 13 nitrogen and oxygen atoms in total. The van der Waals surface area contributed by atoms with Gasteiger partial charge in [-0.1, -0.05) is 41.2 Å². The van der Waals surface area contributed by atoms with Gasteiger partial charge in [0, 0.05) is 67.4 Å². The van der Waals surface area contributed by atoms with Gasteiger partial charge in [-0.3, -0.25) is 4.99 Å². The van der Waals surface area contributed by atoms with Crippen molar-refractivity contribution < 1.29 is 0 Å². The number of nitrogen functional groups attached to an aromatic ring is 2. The third kappa shape index (κ3) is 12.7. The summed E-state index contributed by atoms with van der Waals surface area (Å²) in [6.07, 6.45) is 24.8. The maximum Gasteiger partial charge on any atom is 0.203 e. The van der Waals surface area contributed by atoms with Crippen LogP contribution in [0.3, 0.4) is 0 Å².